The molecule has 0 spiro atoms. The van der Waals surface area contributed by atoms with E-state index in [-0.39, 0.29) is 5.75 Å². The van der Waals surface area contributed by atoms with Gasteiger partial charge in [0.1, 0.15) is 11.6 Å². The van der Waals surface area contributed by atoms with Crippen molar-refractivity contribution in [3.8, 4) is 5.75 Å². The Labute approximate surface area is 168 Å². The highest BCUT2D eigenvalue weighted by Gasteiger charge is 2.28. The first-order valence-corrected chi connectivity index (χ1v) is 9.35. The highest BCUT2D eigenvalue weighted by Crippen LogP contribution is 2.22. The van der Waals surface area contributed by atoms with Crippen LogP contribution in [0.4, 0.5) is 19.0 Å². The summed E-state index contributed by atoms with van der Waals surface area (Å²) < 4.78 is 42.3. The van der Waals surface area contributed by atoms with Gasteiger partial charge in [-0.1, -0.05) is 24.3 Å². The number of alkyl halides is 3. The molecule has 1 saturated heterocycles. The number of piperazine rings is 1. The molecular formula is C20H24F3N5O. The van der Waals surface area contributed by atoms with Crippen molar-refractivity contribution >= 4 is 11.8 Å². The summed E-state index contributed by atoms with van der Waals surface area (Å²) in [7, 11) is 1.69. The van der Waals surface area contributed by atoms with Gasteiger partial charge in [-0.2, -0.15) is 13.2 Å². The molecule has 1 aliphatic heterocycles. The molecule has 1 N–H and O–H groups in total. The molecule has 0 atom stereocenters. The first-order chi connectivity index (χ1) is 14.0. The topological polar surface area (TPSA) is 53.0 Å². The molecule has 0 unspecified atom stereocenters. The van der Waals surface area contributed by atoms with Crippen LogP contribution in [0.2, 0.25) is 0 Å². The molecule has 1 aliphatic rings. The summed E-state index contributed by atoms with van der Waals surface area (Å²) in [4.78, 5) is 13.0. The van der Waals surface area contributed by atoms with E-state index < -0.39 is 12.8 Å². The zero-order chi connectivity index (χ0) is 20.7. The first kappa shape index (κ1) is 20.8. The van der Waals surface area contributed by atoms with Crippen LogP contribution in [0.25, 0.3) is 0 Å². The Bertz CT molecular complexity index is 805. The molecule has 29 heavy (non-hydrogen) atoms. The number of para-hydroxylation sites is 1. The van der Waals surface area contributed by atoms with Gasteiger partial charge >= 0.3 is 6.18 Å². The first-order valence-electron chi connectivity index (χ1n) is 9.35. The quantitative estimate of drug-likeness (QED) is 0.610. The lowest BCUT2D eigenvalue weighted by atomic mass is 10.2. The van der Waals surface area contributed by atoms with Crippen LogP contribution in [0, 0.1) is 0 Å². The number of anilines is 1. The molecule has 3 rings (SSSR count). The highest BCUT2D eigenvalue weighted by molar-refractivity contribution is 5.80. The Morgan fingerprint density at radius 1 is 1.10 bits per heavy atom. The number of benzene rings is 1. The van der Waals surface area contributed by atoms with Crippen LogP contribution >= 0.6 is 0 Å². The SMILES string of the molecule is CN=C(NCc1ccccc1OCC(F)(F)F)N1CCN(c2ccccn2)CC1. The number of rotatable bonds is 5. The van der Waals surface area contributed by atoms with Crippen LogP contribution < -0.4 is 15.0 Å². The van der Waals surface area contributed by atoms with Gasteiger partial charge in [0.15, 0.2) is 12.6 Å². The summed E-state index contributed by atoms with van der Waals surface area (Å²) in [5.41, 5.74) is 0.644. The molecule has 0 aliphatic carbocycles. The van der Waals surface area contributed by atoms with E-state index in [1.54, 1.807) is 31.4 Å². The Hall–Kier alpha value is -2.97. The van der Waals surface area contributed by atoms with E-state index in [9.17, 15) is 13.2 Å². The van der Waals surface area contributed by atoms with E-state index in [0.29, 0.717) is 18.1 Å². The van der Waals surface area contributed by atoms with E-state index in [2.05, 4.69) is 25.1 Å². The van der Waals surface area contributed by atoms with E-state index >= 15 is 0 Å². The van der Waals surface area contributed by atoms with Gasteiger partial charge in [0.2, 0.25) is 0 Å². The number of aliphatic imine (C=N–C) groups is 1. The number of aromatic nitrogens is 1. The number of pyridine rings is 1. The number of nitrogens with zero attached hydrogens (tertiary/aromatic N) is 4. The molecule has 2 aromatic rings. The van der Waals surface area contributed by atoms with Gasteiger partial charge in [0, 0.05) is 51.5 Å². The van der Waals surface area contributed by atoms with Gasteiger partial charge in [0.25, 0.3) is 0 Å². The van der Waals surface area contributed by atoms with Crippen LogP contribution in [0.5, 0.6) is 5.75 Å². The molecule has 0 radical (unpaired) electrons. The summed E-state index contributed by atoms with van der Waals surface area (Å²) in [5, 5.41) is 3.23. The van der Waals surface area contributed by atoms with Crippen LogP contribution in [0.15, 0.2) is 53.7 Å². The summed E-state index contributed by atoms with van der Waals surface area (Å²) >= 11 is 0. The minimum atomic E-state index is -4.37. The Morgan fingerprint density at radius 3 is 2.48 bits per heavy atom. The Kier molecular flexibility index (Phi) is 6.79. The van der Waals surface area contributed by atoms with Gasteiger partial charge in [-0.05, 0) is 18.2 Å². The molecule has 156 valence electrons. The third kappa shape index (κ3) is 6.00. The molecule has 0 bridgehead atoms. The van der Waals surface area contributed by atoms with Crippen LogP contribution in [0.3, 0.4) is 0 Å². The largest absolute Gasteiger partial charge is 0.484 e. The average molecular weight is 407 g/mol. The number of hydrogen-bond acceptors (Lipinski definition) is 4. The minimum Gasteiger partial charge on any atom is -0.484 e. The average Bonchev–Trinajstić information content (AvgIpc) is 2.74. The van der Waals surface area contributed by atoms with Crippen LogP contribution in [-0.4, -0.2) is 61.9 Å². The van der Waals surface area contributed by atoms with Crippen molar-refractivity contribution in [2.45, 2.75) is 12.7 Å². The van der Waals surface area contributed by atoms with Crippen molar-refractivity contribution in [3.63, 3.8) is 0 Å². The predicted octanol–water partition coefficient (Wildman–Crippen LogP) is 2.92. The van der Waals surface area contributed by atoms with Gasteiger partial charge in [-0.25, -0.2) is 4.98 Å². The fraction of sp³-hybridized carbons (Fsp3) is 0.400. The molecule has 1 aromatic heterocycles. The minimum absolute atomic E-state index is 0.216. The zero-order valence-corrected chi connectivity index (χ0v) is 16.2. The lowest BCUT2D eigenvalue weighted by molar-refractivity contribution is -0.153. The van der Waals surface area contributed by atoms with Crippen molar-refractivity contribution in [1.29, 1.82) is 0 Å². The maximum atomic E-state index is 12.5. The monoisotopic (exact) mass is 407 g/mol. The molecule has 0 saturated carbocycles. The van der Waals surface area contributed by atoms with Crippen molar-refractivity contribution in [3.05, 3.63) is 54.2 Å². The lowest BCUT2D eigenvalue weighted by Gasteiger charge is -2.37. The van der Waals surface area contributed by atoms with Gasteiger partial charge < -0.3 is 19.9 Å². The van der Waals surface area contributed by atoms with E-state index in [0.717, 1.165) is 32.0 Å². The molecule has 1 aromatic carbocycles. The van der Waals surface area contributed by atoms with E-state index in [1.807, 2.05) is 18.2 Å². The van der Waals surface area contributed by atoms with Crippen molar-refractivity contribution in [2.75, 3.05) is 44.7 Å². The van der Waals surface area contributed by atoms with Crippen molar-refractivity contribution < 1.29 is 17.9 Å². The maximum absolute atomic E-state index is 12.5. The number of nitrogens with one attached hydrogen (secondary N) is 1. The molecule has 2 heterocycles. The van der Waals surface area contributed by atoms with Gasteiger partial charge in [0.05, 0.1) is 0 Å². The maximum Gasteiger partial charge on any atom is 0.422 e. The molecule has 6 nitrogen and oxygen atoms in total. The third-order valence-corrected chi connectivity index (χ3v) is 4.57. The zero-order valence-electron chi connectivity index (χ0n) is 16.2. The van der Waals surface area contributed by atoms with Crippen LogP contribution in [-0.2, 0) is 6.54 Å². The van der Waals surface area contributed by atoms with E-state index in [4.69, 9.17) is 4.74 Å². The van der Waals surface area contributed by atoms with E-state index in [1.165, 1.54) is 6.07 Å². The number of guanidine groups is 1. The van der Waals surface area contributed by atoms with Crippen molar-refractivity contribution in [1.82, 2.24) is 15.2 Å². The highest BCUT2D eigenvalue weighted by atomic mass is 19.4. The second-order valence-corrected chi connectivity index (χ2v) is 6.57. The second kappa shape index (κ2) is 9.49. The third-order valence-electron chi connectivity index (χ3n) is 4.57. The molecule has 9 heteroatoms. The lowest BCUT2D eigenvalue weighted by Crippen LogP contribution is -2.52. The molecule has 1 fully saturated rings. The smallest absolute Gasteiger partial charge is 0.422 e. The molecular weight excluding hydrogens is 383 g/mol. The summed E-state index contributed by atoms with van der Waals surface area (Å²) in [6.45, 7) is 2.16. The number of hydrogen-bond donors (Lipinski definition) is 1. The summed E-state index contributed by atoms with van der Waals surface area (Å²) in [6.07, 6.45) is -2.59. The standard InChI is InChI=1S/C20H24F3N5O/c1-24-19(28-12-10-27(11-13-28)18-8-4-5-9-25-18)26-14-16-6-2-3-7-17(16)29-15-20(21,22)23/h2-9H,10-15H2,1H3,(H,24,26). The Morgan fingerprint density at radius 2 is 1.83 bits per heavy atom. The fourth-order valence-electron chi connectivity index (χ4n) is 3.14. The fourth-order valence-corrected chi connectivity index (χ4v) is 3.14. The molecule has 0 amide bonds. The van der Waals surface area contributed by atoms with Crippen molar-refractivity contribution in [2.24, 2.45) is 4.99 Å². The van der Waals surface area contributed by atoms with Crippen LogP contribution in [0.1, 0.15) is 5.56 Å². The van der Waals surface area contributed by atoms with Gasteiger partial charge in [-0.3, -0.25) is 4.99 Å². The summed E-state index contributed by atoms with van der Waals surface area (Å²) in [5.74, 6) is 1.87. The van der Waals surface area contributed by atoms with Gasteiger partial charge in [-0.15, -0.1) is 0 Å². The number of ether oxygens (including phenoxy) is 1. The predicted molar refractivity (Wildman–Crippen MR) is 106 cm³/mol. The normalized spacial score (nSPS) is 15.4. The Balaban J connectivity index is 1.55. The summed E-state index contributed by atoms with van der Waals surface area (Å²) in [6, 6.07) is 12.5. The number of halogens is 3. The second-order valence-electron chi connectivity index (χ2n) is 6.57.